The molecule has 136 valence electrons. The molecule has 0 aromatic heterocycles. The van der Waals surface area contributed by atoms with Gasteiger partial charge in [-0.3, -0.25) is 14.6 Å². The molecule has 1 aromatic rings. The number of aliphatic hydroxyl groups excluding tert-OH is 1. The van der Waals surface area contributed by atoms with Crippen molar-refractivity contribution in [1.82, 2.24) is 14.7 Å². The van der Waals surface area contributed by atoms with E-state index in [9.17, 15) is 9.90 Å². The molecule has 5 heteroatoms. The average Bonchev–Trinajstić information content (AvgIpc) is 2.92. The van der Waals surface area contributed by atoms with Gasteiger partial charge in [0, 0.05) is 50.9 Å². The number of fused-ring (bicyclic) bond motifs is 2. The van der Waals surface area contributed by atoms with Crippen LogP contribution in [0.25, 0.3) is 0 Å². The molecule has 0 saturated carbocycles. The monoisotopic (exact) mass is 343 g/mol. The second kappa shape index (κ2) is 6.38. The maximum Gasteiger partial charge on any atom is 0.253 e. The number of β-amino-alcohol motifs (C(OH)–C–C–N with tert-alkyl or cyclic N) is 1. The zero-order valence-corrected chi connectivity index (χ0v) is 15.3. The van der Waals surface area contributed by atoms with Gasteiger partial charge in [-0.05, 0) is 24.5 Å². The minimum absolute atomic E-state index is 0.0275. The molecule has 1 spiro atoms. The highest BCUT2D eigenvalue weighted by molar-refractivity contribution is 5.95. The van der Waals surface area contributed by atoms with Crippen molar-refractivity contribution in [2.75, 3.05) is 39.3 Å². The first-order valence-electron chi connectivity index (χ1n) is 9.48. The van der Waals surface area contributed by atoms with Crippen LogP contribution in [0.3, 0.4) is 0 Å². The summed E-state index contributed by atoms with van der Waals surface area (Å²) in [5.41, 5.74) is 0.796. The highest BCUT2D eigenvalue weighted by atomic mass is 16.3. The molecule has 1 aromatic carbocycles. The summed E-state index contributed by atoms with van der Waals surface area (Å²) in [6.07, 6.45) is 0.642. The van der Waals surface area contributed by atoms with E-state index in [0.29, 0.717) is 12.0 Å². The standard InChI is InChI=1S/C20H29N3O2/c1-15(2)9-21-10-17-8-18(24)11-23(17)20(12-21)13-22(14-20)19(25)16-6-4-3-5-7-16/h3-7,15,17-18,24H,8-14H2,1-2H3/t17-,18+/m0/s1. The van der Waals surface area contributed by atoms with Crippen molar-refractivity contribution in [3.63, 3.8) is 0 Å². The maximum atomic E-state index is 12.7. The van der Waals surface area contributed by atoms with E-state index < -0.39 is 0 Å². The van der Waals surface area contributed by atoms with Crippen molar-refractivity contribution < 1.29 is 9.90 Å². The number of nitrogens with zero attached hydrogens (tertiary/aromatic N) is 3. The molecule has 0 unspecified atom stereocenters. The second-order valence-electron chi connectivity index (χ2n) is 8.54. The maximum absolute atomic E-state index is 12.7. The van der Waals surface area contributed by atoms with Gasteiger partial charge < -0.3 is 10.0 Å². The van der Waals surface area contributed by atoms with Crippen molar-refractivity contribution in [3.8, 4) is 0 Å². The van der Waals surface area contributed by atoms with Gasteiger partial charge in [0.25, 0.3) is 5.91 Å². The van der Waals surface area contributed by atoms with Crippen LogP contribution in [0.2, 0.25) is 0 Å². The molecule has 3 heterocycles. The van der Waals surface area contributed by atoms with Gasteiger partial charge in [0.15, 0.2) is 0 Å². The number of aliphatic hydroxyl groups is 1. The van der Waals surface area contributed by atoms with Crippen LogP contribution in [0, 0.1) is 5.92 Å². The normalized spacial score (nSPS) is 29.0. The first-order chi connectivity index (χ1) is 12.0. The third-order valence-electron chi connectivity index (χ3n) is 5.89. The van der Waals surface area contributed by atoms with Crippen LogP contribution < -0.4 is 0 Å². The Labute approximate surface area is 150 Å². The predicted octanol–water partition coefficient (Wildman–Crippen LogP) is 1.29. The lowest BCUT2D eigenvalue weighted by Gasteiger charge is -2.61. The second-order valence-corrected chi connectivity index (χ2v) is 8.54. The molecule has 0 aliphatic carbocycles. The number of benzene rings is 1. The average molecular weight is 343 g/mol. The number of amides is 1. The molecule has 1 amide bonds. The Bertz CT molecular complexity index is 627. The van der Waals surface area contributed by atoms with E-state index in [1.165, 1.54) is 0 Å². The zero-order valence-electron chi connectivity index (χ0n) is 15.3. The Hall–Kier alpha value is -1.43. The van der Waals surface area contributed by atoms with Crippen molar-refractivity contribution >= 4 is 5.91 Å². The Morgan fingerprint density at radius 2 is 1.92 bits per heavy atom. The lowest BCUT2D eigenvalue weighted by Crippen LogP contribution is -2.78. The van der Waals surface area contributed by atoms with Crippen molar-refractivity contribution in [2.24, 2.45) is 5.92 Å². The Morgan fingerprint density at radius 1 is 1.20 bits per heavy atom. The minimum atomic E-state index is -0.222. The third-order valence-corrected chi connectivity index (χ3v) is 5.89. The number of carbonyl (C=O) groups excluding carboxylic acids is 1. The minimum Gasteiger partial charge on any atom is -0.392 e. The number of hydrogen-bond acceptors (Lipinski definition) is 4. The summed E-state index contributed by atoms with van der Waals surface area (Å²) in [5, 5.41) is 10.2. The van der Waals surface area contributed by atoms with Gasteiger partial charge in [0.1, 0.15) is 0 Å². The summed E-state index contributed by atoms with van der Waals surface area (Å²) in [6.45, 7) is 9.97. The number of likely N-dealkylation sites (tertiary alicyclic amines) is 1. The fraction of sp³-hybridized carbons (Fsp3) is 0.650. The van der Waals surface area contributed by atoms with E-state index in [1.54, 1.807) is 0 Å². The van der Waals surface area contributed by atoms with E-state index in [0.717, 1.165) is 51.3 Å². The van der Waals surface area contributed by atoms with E-state index >= 15 is 0 Å². The lowest BCUT2D eigenvalue weighted by molar-refractivity contribution is -0.102. The first kappa shape index (κ1) is 17.0. The molecular weight excluding hydrogens is 314 g/mol. The number of piperazine rings is 1. The smallest absolute Gasteiger partial charge is 0.253 e. The molecule has 4 rings (SSSR count). The van der Waals surface area contributed by atoms with E-state index in [-0.39, 0.29) is 17.6 Å². The number of carbonyl (C=O) groups is 1. The Balaban J connectivity index is 1.49. The molecule has 0 bridgehead atoms. The van der Waals surface area contributed by atoms with Crippen molar-refractivity contribution in [3.05, 3.63) is 35.9 Å². The molecule has 1 N–H and O–H groups in total. The van der Waals surface area contributed by atoms with Gasteiger partial charge in [-0.2, -0.15) is 0 Å². The summed E-state index contributed by atoms with van der Waals surface area (Å²) < 4.78 is 0. The van der Waals surface area contributed by atoms with Crippen LogP contribution >= 0.6 is 0 Å². The van der Waals surface area contributed by atoms with Crippen LogP contribution in [0.4, 0.5) is 0 Å². The Kier molecular flexibility index (Phi) is 4.34. The molecule has 25 heavy (non-hydrogen) atoms. The summed E-state index contributed by atoms with van der Waals surface area (Å²) in [5.74, 6) is 0.764. The molecule has 3 fully saturated rings. The molecule has 3 aliphatic heterocycles. The number of hydrogen-bond donors (Lipinski definition) is 1. The Morgan fingerprint density at radius 3 is 2.60 bits per heavy atom. The van der Waals surface area contributed by atoms with Crippen molar-refractivity contribution in [2.45, 2.75) is 38.0 Å². The topological polar surface area (TPSA) is 47.0 Å². The summed E-state index contributed by atoms with van der Waals surface area (Å²) >= 11 is 0. The summed E-state index contributed by atoms with van der Waals surface area (Å²) in [4.78, 5) is 19.7. The molecule has 0 radical (unpaired) electrons. The van der Waals surface area contributed by atoms with Crippen LogP contribution in [0.15, 0.2) is 30.3 Å². The van der Waals surface area contributed by atoms with Crippen LogP contribution in [0.1, 0.15) is 30.6 Å². The third kappa shape index (κ3) is 3.09. The number of rotatable bonds is 3. The molecular formula is C20H29N3O2. The lowest BCUT2D eigenvalue weighted by atomic mass is 9.83. The highest BCUT2D eigenvalue weighted by Gasteiger charge is 2.57. The van der Waals surface area contributed by atoms with Gasteiger partial charge in [-0.15, -0.1) is 0 Å². The predicted molar refractivity (Wildman–Crippen MR) is 97.5 cm³/mol. The van der Waals surface area contributed by atoms with Crippen molar-refractivity contribution in [1.29, 1.82) is 0 Å². The summed E-state index contributed by atoms with van der Waals surface area (Å²) in [7, 11) is 0. The van der Waals surface area contributed by atoms with Gasteiger partial charge in [-0.25, -0.2) is 0 Å². The SMILES string of the molecule is CC(C)CN1C[C@@H]2C[C@@H](O)CN2C2(C1)CN(C(=O)c1ccccc1)C2. The highest BCUT2D eigenvalue weighted by Crippen LogP contribution is 2.39. The van der Waals surface area contributed by atoms with Gasteiger partial charge >= 0.3 is 0 Å². The molecule has 3 saturated heterocycles. The van der Waals surface area contributed by atoms with Gasteiger partial charge in [0.2, 0.25) is 0 Å². The van der Waals surface area contributed by atoms with E-state index in [2.05, 4.69) is 23.6 Å². The fourth-order valence-corrected chi connectivity index (χ4v) is 5.02. The quantitative estimate of drug-likeness (QED) is 0.898. The molecule has 5 nitrogen and oxygen atoms in total. The fourth-order valence-electron chi connectivity index (χ4n) is 5.02. The van der Waals surface area contributed by atoms with E-state index in [1.807, 2.05) is 35.2 Å². The van der Waals surface area contributed by atoms with Crippen LogP contribution in [-0.2, 0) is 0 Å². The largest absolute Gasteiger partial charge is 0.392 e. The molecule has 2 atom stereocenters. The molecule has 3 aliphatic rings. The first-order valence-corrected chi connectivity index (χ1v) is 9.48. The zero-order chi connectivity index (χ0) is 17.6. The van der Waals surface area contributed by atoms with Crippen LogP contribution in [0.5, 0.6) is 0 Å². The summed E-state index contributed by atoms with van der Waals surface area (Å²) in [6, 6.07) is 9.98. The van der Waals surface area contributed by atoms with Gasteiger partial charge in [0.05, 0.1) is 11.6 Å². The van der Waals surface area contributed by atoms with Crippen LogP contribution in [-0.4, -0.2) is 82.7 Å². The van der Waals surface area contributed by atoms with Gasteiger partial charge in [-0.1, -0.05) is 32.0 Å². The van der Waals surface area contributed by atoms with E-state index in [4.69, 9.17) is 0 Å².